The fourth-order valence-corrected chi connectivity index (χ4v) is 5.69. The summed E-state index contributed by atoms with van der Waals surface area (Å²) < 4.78 is 55.0. The van der Waals surface area contributed by atoms with Crippen molar-refractivity contribution in [1.29, 1.82) is 0 Å². The van der Waals surface area contributed by atoms with Crippen LogP contribution in [0.2, 0.25) is 0 Å². The fraction of sp³-hybridized carbons (Fsp3) is 0. The Morgan fingerprint density at radius 1 is 0.818 bits per heavy atom. The maximum atomic E-state index is 9.80. The average molecular weight is 354 g/mol. The summed E-state index contributed by atoms with van der Waals surface area (Å²) in [6.45, 7) is 0. The Labute approximate surface area is 87.2 Å². The molecule has 0 saturated heterocycles. The summed E-state index contributed by atoms with van der Waals surface area (Å²) in [7, 11) is -9.54. The molecule has 0 spiro atoms. The lowest BCUT2D eigenvalue weighted by atomic mass is 15.9. The van der Waals surface area contributed by atoms with Crippen LogP contribution in [0.1, 0.15) is 0 Å². The highest BCUT2D eigenvalue weighted by Crippen LogP contribution is 2.30. The topological polar surface area (TPSA) is 109 Å². The van der Waals surface area contributed by atoms with E-state index in [0.717, 1.165) is 0 Å². The molecule has 0 heterocycles. The quantitative estimate of drug-likeness (QED) is 0.431. The van der Waals surface area contributed by atoms with Crippen LogP contribution in [0.15, 0.2) is 0 Å². The molecule has 0 aromatic carbocycles. The minimum Gasteiger partial charge on any atom is -0.277 e. The Bertz CT molecular complexity index is 251. The minimum absolute atomic E-state index is 0. The van der Waals surface area contributed by atoms with Crippen LogP contribution in [0.4, 0.5) is 0 Å². The zero-order valence-electron chi connectivity index (χ0n) is 4.57. The van der Waals surface area contributed by atoms with Gasteiger partial charge in [-0.1, -0.05) is 0 Å². The summed E-state index contributed by atoms with van der Waals surface area (Å²) in [6, 6.07) is 0. The van der Waals surface area contributed by atoms with Gasteiger partial charge in [-0.3, -0.25) is 9.11 Å². The van der Waals surface area contributed by atoms with Crippen molar-refractivity contribution in [2.45, 2.75) is 0 Å². The summed E-state index contributed by atoms with van der Waals surface area (Å²) in [6.07, 6.45) is 0. The summed E-state index contributed by atoms with van der Waals surface area (Å²) in [5.41, 5.74) is 0. The summed E-state index contributed by atoms with van der Waals surface area (Å²) in [5, 5.41) is 0. The van der Waals surface area contributed by atoms with Gasteiger partial charge >= 0.3 is 18.3 Å². The molecule has 0 aliphatic rings. The van der Waals surface area contributed by atoms with Gasteiger partial charge in [0.1, 0.15) is 0 Å². The van der Waals surface area contributed by atoms with Gasteiger partial charge in [0.05, 0.1) is 19.7 Å². The molecule has 70 valence electrons. The van der Waals surface area contributed by atoms with Gasteiger partial charge in [-0.2, -0.15) is 16.8 Å². The Balaban J connectivity index is 0. The molecule has 0 fully saturated rings. The molecule has 0 aliphatic heterocycles. The van der Waals surface area contributed by atoms with Crippen molar-refractivity contribution < 1.29 is 25.9 Å². The molecule has 0 bridgehead atoms. The van der Waals surface area contributed by atoms with E-state index in [1.165, 1.54) is 0 Å². The molecule has 0 aliphatic carbocycles. The van der Waals surface area contributed by atoms with E-state index in [-0.39, 0.29) is 43.6 Å². The lowest BCUT2D eigenvalue weighted by molar-refractivity contribution is 0.500. The Morgan fingerprint density at radius 3 is 1.09 bits per heavy atom. The third-order valence-electron chi connectivity index (χ3n) is 0.200. The van der Waals surface area contributed by atoms with Crippen molar-refractivity contribution in [3.63, 3.8) is 0 Å². The first kappa shape index (κ1) is 14.8. The largest absolute Gasteiger partial charge is 0.330 e. The monoisotopic (exact) mass is 354 g/mol. The van der Waals surface area contributed by atoms with Crippen molar-refractivity contribution in [2.75, 3.05) is 0 Å². The van der Waals surface area contributed by atoms with Gasteiger partial charge in [-0.05, 0) is 0 Å². The Kier molecular flexibility index (Phi) is 6.82. The van der Waals surface area contributed by atoms with Gasteiger partial charge in [0.15, 0.2) is 0 Å². The van der Waals surface area contributed by atoms with E-state index in [9.17, 15) is 16.8 Å². The standard InChI is InChI=1S/HI.H2O6S4/c;1-9(2,3)7-8-10(4,5)6/h1H;(H,1,2,3)(H,4,5,6). The van der Waals surface area contributed by atoms with Crippen LogP contribution in [-0.2, 0) is 18.3 Å². The second-order valence-electron chi connectivity index (χ2n) is 0.992. The molecule has 0 atom stereocenters. The van der Waals surface area contributed by atoms with Crippen molar-refractivity contribution >= 4 is 61.9 Å². The third-order valence-corrected chi connectivity index (χ3v) is 6.89. The molecule has 0 saturated carbocycles. The minimum atomic E-state index is -4.42. The van der Waals surface area contributed by atoms with Crippen LogP contribution >= 0.6 is 43.6 Å². The summed E-state index contributed by atoms with van der Waals surface area (Å²) in [5.74, 6) is 0. The smallest absolute Gasteiger partial charge is 0.277 e. The molecule has 0 rings (SSSR count). The predicted octanol–water partition coefficient (Wildman–Crippen LogP) is 0.591. The first-order valence-electron chi connectivity index (χ1n) is 1.53. The van der Waals surface area contributed by atoms with Crippen LogP contribution in [-0.4, -0.2) is 25.9 Å². The first-order valence-corrected chi connectivity index (χ1v) is 7.60. The molecular weight excluding hydrogens is 351 g/mol. The van der Waals surface area contributed by atoms with Gasteiger partial charge in [0.2, 0.25) is 0 Å². The van der Waals surface area contributed by atoms with E-state index in [2.05, 4.69) is 0 Å². The number of hydrogen-bond donors (Lipinski definition) is 2. The molecule has 11 heavy (non-hydrogen) atoms. The molecular formula is H3IO6S4. The zero-order chi connectivity index (χ0) is 8.41. The number of halogens is 1. The van der Waals surface area contributed by atoms with Crippen molar-refractivity contribution in [3.8, 4) is 0 Å². The lowest BCUT2D eigenvalue weighted by Crippen LogP contribution is -1.90. The predicted molar refractivity (Wildman–Crippen MR) is 53.7 cm³/mol. The highest BCUT2D eigenvalue weighted by molar-refractivity contribution is 14.0. The zero-order valence-corrected chi connectivity index (χ0v) is 10.2. The highest BCUT2D eigenvalue weighted by Gasteiger charge is 2.14. The van der Waals surface area contributed by atoms with Crippen molar-refractivity contribution in [1.82, 2.24) is 0 Å². The van der Waals surface area contributed by atoms with Crippen molar-refractivity contribution in [3.05, 3.63) is 0 Å². The Hall–Kier alpha value is 1.25. The van der Waals surface area contributed by atoms with E-state index in [4.69, 9.17) is 9.11 Å². The third kappa shape index (κ3) is 14.1. The fourth-order valence-electron chi connectivity index (χ4n) is 0.0702. The van der Waals surface area contributed by atoms with Gasteiger partial charge in [0, 0.05) is 0 Å². The summed E-state index contributed by atoms with van der Waals surface area (Å²) >= 11 is 0. The maximum absolute atomic E-state index is 9.80. The molecule has 0 aromatic rings. The van der Waals surface area contributed by atoms with Crippen LogP contribution in [0.5, 0.6) is 0 Å². The lowest BCUT2D eigenvalue weighted by Gasteiger charge is -1.89. The van der Waals surface area contributed by atoms with E-state index in [1.54, 1.807) is 0 Å². The first-order chi connectivity index (χ1) is 4.21. The van der Waals surface area contributed by atoms with Gasteiger partial charge in [-0.25, -0.2) is 0 Å². The van der Waals surface area contributed by atoms with Crippen molar-refractivity contribution in [2.24, 2.45) is 0 Å². The van der Waals surface area contributed by atoms with Gasteiger partial charge < -0.3 is 0 Å². The second kappa shape index (κ2) is 5.08. The summed E-state index contributed by atoms with van der Waals surface area (Å²) in [4.78, 5) is 0. The molecule has 0 unspecified atom stereocenters. The molecule has 0 amide bonds. The maximum Gasteiger partial charge on any atom is 0.330 e. The normalized spacial score (nSPS) is 12.2. The van der Waals surface area contributed by atoms with Crippen LogP contribution in [0, 0.1) is 0 Å². The second-order valence-corrected chi connectivity index (χ2v) is 8.77. The molecule has 0 aromatic heterocycles. The molecule has 2 N–H and O–H groups in total. The molecule has 6 nitrogen and oxygen atoms in total. The van der Waals surface area contributed by atoms with E-state index < -0.39 is 18.3 Å². The van der Waals surface area contributed by atoms with Gasteiger partial charge in [0.25, 0.3) is 0 Å². The number of hydrogen-bond acceptors (Lipinski definition) is 6. The average Bonchev–Trinajstić information content (AvgIpc) is 1.57. The SMILES string of the molecule is I.O=S(=O)(O)SSS(=O)(=O)O. The highest BCUT2D eigenvalue weighted by atomic mass is 127. The Morgan fingerprint density at radius 2 is 1.00 bits per heavy atom. The van der Waals surface area contributed by atoms with Crippen LogP contribution in [0.25, 0.3) is 0 Å². The van der Waals surface area contributed by atoms with E-state index in [0.29, 0.717) is 0 Å². The molecule has 11 heteroatoms. The van der Waals surface area contributed by atoms with Crippen LogP contribution in [0.3, 0.4) is 0 Å². The molecule has 0 radical (unpaired) electrons. The van der Waals surface area contributed by atoms with Crippen LogP contribution < -0.4 is 0 Å². The van der Waals surface area contributed by atoms with E-state index >= 15 is 0 Å². The van der Waals surface area contributed by atoms with Gasteiger partial charge in [-0.15, -0.1) is 24.0 Å². The number of rotatable bonds is 3. The van der Waals surface area contributed by atoms with E-state index in [1.807, 2.05) is 0 Å².